The molecule has 122 valence electrons. The van der Waals surface area contributed by atoms with Crippen LogP contribution in [-0.4, -0.2) is 30.3 Å². The Hall–Kier alpha value is -0.860. The van der Waals surface area contributed by atoms with E-state index in [1.807, 2.05) is 19.1 Å². The molecule has 2 rings (SSSR count). The van der Waals surface area contributed by atoms with Gasteiger partial charge in [-0.3, -0.25) is 4.79 Å². The Kier molecular flexibility index (Phi) is 5.34. The van der Waals surface area contributed by atoms with Gasteiger partial charge in [-0.25, -0.2) is 0 Å². The fourth-order valence-corrected chi connectivity index (χ4v) is 3.77. The van der Waals surface area contributed by atoms with Crippen molar-refractivity contribution in [3.8, 4) is 0 Å². The van der Waals surface area contributed by atoms with Gasteiger partial charge in [0.05, 0.1) is 0 Å². The molecule has 0 aliphatic carbocycles. The van der Waals surface area contributed by atoms with E-state index in [0.29, 0.717) is 18.2 Å². The van der Waals surface area contributed by atoms with Crippen molar-refractivity contribution in [1.82, 2.24) is 4.90 Å². The first-order chi connectivity index (χ1) is 10.2. The highest BCUT2D eigenvalue weighted by atomic mass is 35.5. The van der Waals surface area contributed by atoms with Crippen LogP contribution in [0.4, 0.5) is 0 Å². The molecule has 1 aromatic rings. The van der Waals surface area contributed by atoms with E-state index >= 15 is 0 Å². The summed E-state index contributed by atoms with van der Waals surface area (Å²) in [4.78, 5) is 15.1. The molecule has 1 heterocycles. The van der Waals surface area contributed by atoms with Crippen LogP contribution in [-0.2, 0) is 10.2 Å². The molecule has 0 spiro atoms. The number of likely N-dealkylation sites (tertiary alicyclic amines) is 1. The quantitative estimate of drug-likeness (QED) is 0.806. The minimum absolute atomic E-state index is 0.170. The highest BCUT2D eigenvalue weighted by Gasteiger charge is 2.33. The standard InChI is InChI=1S/C19H28ClNO/c1-13-7-6-8-16(18(13)20)19(3,4)11-17(22)15-10-9-14(2)21(5)12-15/h6-8,14-15H,9-12H2,1-5H3/t14-,15?/m1/s1. The van der Waals surface area contributed by atoms with Gasteiger partial charge in [0.25, 0.3) is 0 Å². The lowest BCUT2D eigenvalue weighted by atomic mass is 9.76. The number of piperidine rings is 1. The zero-order valence-electron chi connectivity index (χ0n) is 14.4. The molecule has 2 nitrogen and oxygen atoms in total. The Morgan fingerprint density at radius 2 is 2.05 bits per heavy atom. The van der Waals surface area contributed by atoms with E-state index in [2.05, 4.69) is 38.8 Å². The number of hydrogen-bond donors (Lipinski definition) is 0. The molecule has 1 unspecified atom stereocenters. The second-order valence-electron chi connectivity index (χ2n) is 7.53. The fraction of sp³-hybridized carbons (Fsp3) is 0.632. The molecule has 1 aliphatic rings. The average molecular weight is 322 g/mol. The first-order valence-electron chi connectivity index (χ1n) is 8.21. The van der Waals surface area contributed by atoms with E-state index in [1.54, 1.807) is 0 Å². The summed E-state index contributed by atoms with van der Waals surface area (Å²) in [5.74, 6) is 0.547. The van der Waals surface area contributed by atoms with Crippen LogP contribution < -0.4 is 0 Å². The van der Waals surface area contributed by atoms with Gasteiger partial charge < -0.3 is 4.90 Å². The van der Waals surface area contributed by atoms with Gasteiger partial charge in [0, 0.05) is 29.9 Å². The molecule has 1 aliphatic heterocycles. The van der Waals surface area contributed by atoms with Crippen molar-refractivity contribution in [2.45, 2.75) is 58.4 Å². The Labute approximate surface area is 139 Å². The smallest absolute Gasteiger partial charge is 0.138 e. The summed E-state index contributed by atoms with van der Waals surface area (Å²) in [7, 11) is 2.12. The molecule has 3 heteroatoms. The number of carbonyl (C=O) groups excluding carboxylic acids is 1. The lowest BCUT2D eigenvalue weighted by Crippen LogP contribution is -2.42. The number of halogens is 1. The van der Waals surface area contributed by atoms with Crippen LogP contribution >= 0.6 is 11.6 Å². The van der Waals surface area contributed by atoms with Crippen molar-refractivity contribution in [2.75, 3.05) is 13.6 Å². The van der Waals surface area contributed by atoms with Crippen molar-refractivity contribution < 1.29 is 4.79 Å². The third kappa shape index (κ3) is 3.72. The van der Waals surface area contributed by atoms with E-state index < -0.39 is 0 Å². The minimum Gasteiger partial charge on any atom is -0.303 e. The van der Waals surface area contributed by atoms with Gasteiger partial charge in [-0.15, -0.1) is 0 Å². The Balaban J connectivity index is 2.11. The van der Waals surface area contributed by atoms with E-state index in [-0.39, 0.29) is 11.3 Å². The molecule has 1 aromatic carbocycles. The molecule has 1 fully saturated rings. The van der Waals surface area contributed by atoms with Crippen molar-refractivity contribution >= 4 is 17.4 Å². The topological polar surface area (TPSA) is 20.3 Å². The maximum atomic E-state index is 12.8. The van der Waals surface area contributed by atoms with Gasteiger partial charge in [0.15, 0.2) is 0 Å². The number of hydrogen-bond acceptors (Lipinski definition) is 2. The number of benzene rings is 1. The second kappa shape index (κ2) is 6.72. The van der Waals surface area contributed by atoms with E-state index in [1.165, 1.54) is 0 Å². The third-order valence-corrected chi connectivity index (χ3v) is 5.69. The summed E-state index contributed by atoms with van der Waals surface area (Å²) < 4.78 is 0. The Morgan fingerprint density at radius 3 is 2.68 bits per heavy atom. The molecular weight excluding hydrogens is 294 g/mol. The second-order valence-corrected chi connectivity index (χ2v) is 7.90. The van der Waals surface area contributed by atoms with Crippen molar-refractivity contribution in [3.05, 3.63) is 34.3 Å². The van der Waals surface area contributed by atoms with Crippen LogP contribution in [0.25, 0.3) is 0 Å². The zero-order valence-corrected chi connectivity index (χ0v) is 15.2. The normalized spacial score (nSPS) is 23.5. The predicted molar refractivity (Wildman–Crippen MR) is 93.7 cm³/mol. The number of rotatable bonds is 4. The van der Waals surface area contributed by atoms with Crippen LogP contribution in [0, 0.1) is 12.8 Å². The van der Waals surface area contributed by atoms with Gasteiger partial charge in [0.1, 0.15) is 5.78 Å². The van der Waals surface area contributed by atoms with Crippen LogP contribution in [0.1, 0.15) is 51.2 Å². The Bertz CT molecular complexity index is 552. The molecule has 0 aromatic heterocycles. The van der Waals surface area contributed by atoms with E-state index in [4.69, 9.17) is 11.6 Å². The molecule has 0 radical (unpaired) electrons. The predicted octanol–water partition coefficient (Wildman–Crippen LogP) is 4.62. The summed E-state index contributed by atoms with van der Waals surface area (Å²) in [5, 5.41) is 0.801. The minimum atomic E-state index is -0.220. The van der Waals surface area contributed by atoms with Crippen LogP contribution in [0.15, 0.2) is 18.2 Å². The number of Topliss-reactive ketones (excluding diaryl/α,β-unsaturated/α-hetero) is 1. The summed E-state index contributed by atoms with van der Waals surface area (Å²) in [5.41, 5.74) is 1.94. The first kappa shape index (κ1) is 17.5. The number of carbonyl (C=O) groups is 1. The number of aryl methyl sites for hydroxylation is 1. The molecule has 0 N–H and O–H groups in total. The monoisotopic (exact) mass is 321 g/mol. The molecule has 0 amide bonds. The first-order valence-corrected chi connectivity index (χ1v) is 8.58. The van der Waals surface area contributed by atoms with Crippen molar-refractivity contribution in [3.63, 3.8) is 0 Å². The summed E-state index contributed by atoms with van der Waals surface area (Å²) in [6, 6.07) is 6.68. The lowest BCUT2D eigenvalue weighted by molar-refractivity contribution is -0.125. The van der Waals surface area contributed by atoms with Gasteiger partial charge in [0.2, 0.25) is 0 Å². The van der Waals surface area contributed by atoms with Crippen molar-refractivity contribution in [1.29, 1.82) is 0 Å². The third-order valence-electron chi connectivity index (χ3n) is 5.19. The molecule has 22 heavy (non-hydrogen) atoms. The zero-order chi connectivity index (χ0) is 16.5. The van der Waals surface area contributed by atoms with Gasteiger partial charge in [-0.05, 0) is 50.3 Å². The van der Waals surface area contributed by atoms with Gasteiger partial charge in [-0.1, -0.05) is 43.6 Å². The summed E-state index contributed by atoms with van der Waals surface area (Å²) in [6.45, 7) is 9.39. The molecule has 2 atom stereocenters. The highest BCUT2D eigenvalue weighted by Crippen LogP contribution is 2.36. The summed E-state index contributed by atoms with van der Waals surface area (Å²) in [6.07, 6.45) is 2.68. The SMILES string of the molecule is Cc1cccc(C(C)(C)CC(=O)C2CC[C@@H](C)N(C)C2)c1Cl. The maximum absolute atomic E-state index is 12.8. The van der Waals surface area contributed by atoms with E-state index in [9.17, 15) is 4.79 Å². The van der Waals surface area contributed by atoms with Crippen molar-refractivity contribution in [2.24, 2.45) is 5.92 Å². The summed E-state index contributed by atoms with van der Waals surface area (Å²) >= 11 is 6.47. The largest absolute Gasteiger partial charge is 0.303 e. The highest BCUT2D eigenvalue weighted by molar-refractivity contribution is 6.32. The Morgan fingerprint density at radius 1 is 1.36 bits per heavy atom. The van der Waals surface area contributed by atoms with Gasteiger partial charge >= 0.3 is 0 Å². The molecule has 1 saturated heterocycles. The lowest BCUT2D eigenvalue weighted by Gasteiger charge is -2.36. The fourth-order valence-electron chi connectivity index (χ4n) is 3.39. The van der Waals surface area contributed by atoms with E-state index in [0.717, 1.165) is 35.5 Å². The van der Waals surface area contributed by atoms with Crippen LogP contribution in [0.3, 0.4) is 0 Å². The number of nitrogens with zero attached hydrogens (tertiary/aromatic N) is 1. The van der Waals surface area contributed by atoms with Gasteiger partial charge in [-0.2, -0.15) is 0 Å². The maximum Gasteiger partial charge on any atom is 0.138 e. The van der Waals surface area contributed by atoms with Crippen LogP contribution in [0.5, 0.6) is 0 Å². The van der Waals surface area contributed by atoms with Crippen LogP contribution in [0.2, 0.25) is 5.02 Å². The number of ketones is 1. The molecule has 0 bridgehead atoms. The molecular formula is C19H28ClNO. The average Bonchev–Trinajstić information content (AvgIpc) is 2.44. The molecule has 0 saturated carbocycles.